The van der Waals surface area contributed by atoms with Gasteiger partial charge in [0.15, 0.2) is 0 Å². The standard InChI is InChI=1S/C6F18P.Cu/c7-1(8,9)4(16,17)25(22,23,24,5(18,19)2(10,11)12)6(20,21)3(13,14)15;/q-1;+1. The smallest absolute Gasteiger partial charge is 1.00 e. The Morgan fingerprint density at radius 3 is 0.538 bits per heavy atom. The van der Waals surface area contributed by atoms with Gasteiger partial charge in [0.1, 0.15) is 0 Å². The molecule has 166 valence electrons. The summed E-state index contributed by atoms with van der Waals surface area (Å²) in [7, 11) is 0. The van der Waals surface area contributed by atoms with Crippen molar-refractivity contribution in [1.29, 1.82) is 0 Å². The first-order valence-corrected chi connectivity index (χ1v) is 7.12. The molecule has 0 aromatic rings. The van der Waals surface area contributed by atoms with E-state index in [1.165, 1.54) is 0 Å². The summed E-state index contributed by atoms with van der Waals surface area (Å²) in [4.78, 5) is 0. The third-order valence-electron chi connectivity index (χ3n) is 2.82. The molecular weight excluding hydrogens is 509 g/mol. The van der Waals surface area contributed by atoms with Gasteiger partial charge in [-0.25, -0.2) is 0 Å². The van der Waals surface area contributed by atoms with Gasteiger partial charge in [-0.3, -0.25) is 0 Å². The van der Waals surface area contributed by atoms with E-state index in [-0.39, 0.29) is 17.1 Å². The molecule has 0 amide bonds. The van der Waals surface area contributed by atoms with Gasteiger partial charge in [0.25, 0.3) is 0 Å². The zero-order valence-electron chi connectivity index (χ0n) is 10.6. The summed E-state index contributed by atoms with van der Waals surface area (Å²) in [6.45, 7) is -15.0. The Morgan fingerprint density at radius 1 is 0.346 bits per heavy atom. The van der Waals surface area contributed by atoms with Crippen LogP contribution in [0.15, 0.2) is 0 Å². The molecule has 0 rings (SSSR count). The predicted octanol–water partition coefficient (Wildman–Crippen LogP) is 7.19. The maximum absolute atomic E-state index is 15.0. The fourth-order valence-corrected chi connectivity index (χ4v) is 4.02. The molecule has 0 fully saturated rings. The van der Waals surface area contributed by atoms with E-state index in [1.807, 2.05) is 0 Å². The molecule has 0 nitrogen and oxygen atoms in total. The van der Waals surface area contributed by atoms with E-state index in [0.717, 1.165) is 0 Å². The van der Waals surface area contributed by atoms with Crippen LogP contribution < -0.4 is 0 Å². The Bertz CT molecular complexity index is 475. The van der Waals surface area contributed by atoms with Crippen molar-refractivity contribution in [2.24, 2.45) is 0 Å². The van der Waals surface area contributed by atoms with E-state index in [1.54, 1.807) is 0 Å². The molecule has 0 saturated heterocycles. The fraction of sp³-hybridized carbons (Fsp3) is 1.00. The van der Waals surface area contributed by atoms with E-state index in [0.29, 0.717) is 0 Å². The van der Waals surface area contributed by atoms with E-state index >= 15 is 0 Å². The normalized spacial score (nSPS) is 18.7. The van der Waals surface area contributed by atoms with Gasteiger partial charge in [-0.1, -0.05) is 0 Å². The third-order valence-corrected chi connectivity index (χ3v) is 7.18. The Balaban J connectivity index is 0. The molecule has 0 aromatic carbocycles. The summed E-state index contributed by atoms with van der Waals surface area (Å²) < 4.78 is 222. The zero-order chi connectivity index (χ0) is 21.4. The van der Waals surface area contributed by atoms with Crippen molar-refractivity contribution in [3.63, 3.8) is 0 Å². The van der Waals surface area contributed by atoms with Crippen LogP contribution in [0.1, 0.15) is 0 Å². The van der Waals surface area contributed by atoms with Crippen LogP contribution in [0.25, 0.3) is 0 Å². The van der Waals surface area contributed by atoms with Crippen LogP contribution in [0.3, 0.4) is 0 Å². The Kier molecular flexibility index (Phi) is 5.79. The summed E-state index contributed by atoms with van der Waals surface area (Å²) in [5.74, 6) is 0. The summed E-state index contributed by atoms with van der Waals surface area (Å²) >= 11 is 0. The van der Waals surface area contributed by atoms with Crippen LogP contribution in [0, 0.1) is 0 Å². The molecule has 0 aliphatic heterocycles. The van der Waals surface area contributed by atoms with Gasteiger partial charge in [0, 0.05) is 0 Å². The summed E-state index contributed by atoms with van der Waals surface area (Å²) in [5.41, 5.74) is -29.3. The van der Waals surface area contributed by atoms with E-state index in [2.05, 4.69) is 0 Å². The molecule has 0 heterocycles. The number of alkyl halides is 15. The average molecular weight is 509 g/mol. The van der Waals surface area contributed by atoms with Crippen LogP contribution in [0.2, 0.25) is 0 Å². The van der Waals surface area contributed by atoms with Crippen molar-refractivity contribution in [3.8, 4) is 0 Å². The molecule has 0 spiro atoms. The van der Waals surface area contributed by atoms with Crippen LogP contribution in [0.5, 0.6) is 0 Å². The number of halogens is 18. The van der Waals surface area contributed by atoms with Gasteiger partial charge < -0.3 is 0 Å². The second-order valence-corrected chi connectivity index (χ2v) is 8.67. The van der Waals surface area contributed by atoms with Crippen molar-refractivity contribution in [3.05, 3.63) is 0 Å². The van der Waals surface area contributed by atoms with Gasteiger partial charge in [0.2, 0.25) is 0 Å². The quantitative estimate of drug-likeness (QED) is 0.215. The van der Waals surface area contributed by atoms with Gasteiger partial charge in [-0.15, -0.1) is 0 Å². The summed E-state index contributed by atoms with van der Waals surface area (Å²) in [6, 6.07) is 0. The minimum atomic E-state index is -15.0. The second kappa shape index (κ2) is 5.39. The van der Waals surface area contributed by atoms with Crippen molar-refractivity contribution in [1.82, 2.24) is 0 Å². The SMILES string of the molecule is FC(F)(F)C(F)(F)[P-](F)(F)(F)(C(F)(F)C(F)(F)F)C(F)(F)C(F)(F)F.[Cu+]. The minimum Gasteiger partial charge on any atom is 1.00 e. The fourth-order valence-electron chi connectivity index (χ4n) is 1.34. The second-order valence-electron chi connectivity index (χ2n) is 4.40. The van der Waals surface area contributed by atoms with Crippen molar-refractivity contribution < 1.29 is 95.5 Å². The number of hydrogen-bond donors (Lipinski definition) is 0. The molecule has 0 aliphatic carbocycles. The Hall–Kier alpha value is -0.311. The molecule has 0 aliphatic rings. The summed E-state index contributed by atoms with van der Waals surface area (Å²) in [5, 5.41) is 0. The maximum Gasteiger partial charge on any atom is 1.00 e. The van der Waals surface area contributed by atoms with E-state index in [9.17, 15) is 78.4 Å². The van der Waals surface area contributed by atoms with Crippen LogP contribution in [-0.4, -0.2) is 35.5 Å². The molecule has 0 saturated carbocycles. The third kappa shape index (κ3) is 2.37. The first kappa shape index (κ1) is 27.9. The Labute approximate surface area is 139 Å². The summed E-state index contributed by atoms with van der Waals surface area (Å²) in [6.07, 6.45) is -26.1. The Morgan fingerprint density at radius 2 is 0.462 bits per heavy atom. The van der Waals surface area contributed by atoms with Gasteiger partial charge in [-0.2, -0.15) is 0 Å². The monoisotopic (exact) mass is 508 g/mol. The molecule has 0 radical (unpaired) electrons. The molecule has 0 aromatic heterocycles. The van der Waals surface area contributed by atoms with Crippen molar-refractivity contribution in [2.75, 3.05) is 0 Å². The molecule has 0 atom stereocenters. The topological polar surface area (TPSA) is 0 Å². The van der Waals surface area contributed by atoms with Crippen molar-refractivity contribution >= 4 is 6.88 Å². The van der Waals surface area contributed by atoms with Gasteiger partial charge in [-0.05, 0) is 0 Å². The molecule has 0 N–H and O–H groups in total. The maximum atomic E-state index is 13.4. The van der Waals surface area contributed by atoms with E-state index < -0.39 is 42.4 Å². The largest absolute Gasteiger partial charge is 1.00 e. The molecular formula is C6CuF18P. The first-order chi connectivity index (χ1) is 10.1. The number of rotatable bonds is 3. The molecule has 20 heteroatoms. The van der Waals surface area contributed by atoms with E-state index in [4.69, 9.17) is 0 Å². The molecule has 0 bridgehead atoms. The first-order valence-electron chi connectivity index (χ1n) is 4.76. The van der Waals surface area contributed by atoms with Crippen LogP contribution in [-0.2, 0) is 17.1 Å². The predicted molar refractivity (Wildman–Crippen MR) is 43.2 cm³/mol. The molecule has 26 heavy (non-hydrogen) atoms. The van der Waals surface area contributed by atoms with Crippen LogP contribution >= 0.6 is 6.88 Å². The van der Waals surface area contributed by atoms with Gasteiger partial charge >= 0.3 is 138 Å². The molecule has 0 unspecified atom stereocenters. The zero-order valence-corrected chi connectivity index (χ0v) is 12.4. The average Bonchev–Trinajstić information content (AvgIpc) is 2.23. The van der Waals surface area contributed by atoms with Crippen molar-refractivity contribution in [2.45, 2.75) is 35.5 Å². The minimum absolute atomic E-state index is 0. The van der Waals surface area contributed by atoms with Gasteiger partial charge in [0.05, 0.1) is 0 Å². The number of hydrogen-bond acceptors (Lipinski definition) is 0. The van der Waals surface area contributed by atoms with Crippen LogP contribution in [0.4, 0.5) is 78.4 Å².